The lowest BCUT2D eigenvalue weighted by Gasteiger charge is -2.10. The van der Waals surface area contributed by atoms with Crippen LogP contribution in [0.3, 0.4) is 0 Å². The van der Waals surface area contributed by atoms with Crippen LogP contribution in [0, 0.1) is 5.82 Å². The monoisotopic (exact) mass is 428 g/mol. The summed E-state index contributed by atoms with van der Waals surface area (Å²) in [5.74, 6) is 0.0574. The van der Waals surface area contributed by atoms with Crippen LogP contribution >= 0.6 is 0 Å². The number of pyridine rings is 1. The number of nitrogens with two attached hydrogens (primary N) is 1. The number of rotatable bonds is 5. The minimum Gasteiger partial charge on any atom is -0.439 e. The number of nitrogen functional groups attached to an aromatic ring is 1. The van der Waals surface area contributed by atoms with Gasteiger partial charge < -0.3 is 10.5 Å². The van der Waals surface area contributed by atoms with Gasteiger partial charge in [-0.1, -0.05) is 18.2 Å². The maximum absolute atomic E-state index is 14.5. The van der Waals surface area contributed by atoms with Crippen LogP contribution in [0.4, 0.5) is 23.4 Å². The van der Waals surface area contributed by atoms with Crippen molar-refractivity contribution in [2.45, 2.75) is 19.0 Å². The molecule has 4 rings (SSSR count). The molecule has 2 aromatic heterocycles. The fourth-order valence-corrected chi connectivity index (χ4v) is 3.07. The van der Waals surface area contributed by atoms with Crippen LogP contribution < -0.4 is 10.5 Å². The Morgan fingerprint density at radius 2 is 1.74 bits per heavy atom. The number of hydrogen-bond donors (Lipinski definition) is 1. The van der Waals surface area contributed by atoms with Gasteiger partial charge in [0.05, 0.1) is 11.1 Å². The molecule has 0 aliphatic carbocycles. The number of para-hydroxylation sites is 1. The SMILES string of the molecule is Nc1nc(CCc2ccc(Oc3cc(C(F)(F)F)ccn3)cc2F)nc2ccccc12. The summed E-state index contributed by atoms with van der Waals surface area (Å²) < 4.78 is 58.2. The molecular weight excluding hydrogens is 412 g/mol. The van der Waals surface area contributed by atoms with Gasteiger partial charge in [-0.3, -0.25) is 0 Å². The highest BCUT2D eigenvalue weighted by Crippen LogP contribution is 2.32. The van der Waals surface area contributed by atoms with Crippen molar-refractivity contribution < 1.29 is 22.3 Å². The van der Waals surface area contributed by atoms with E-state index in [9.17, 15) is 17.6 Å². The number of halogens is 4. The topological polar surface area (TPSA) is 73.9 Å². The van der Waals surface area contributed by atoms with Gasteiger partial charge in [-0.25, -0.2) is 19.3 Å². The Labute approximate surface area is 174 Å². The molecule has 2 heterocycles. The van der Waals surface area contributed by atoms with Crippen molar-refractivity contribution in [3.63, 3.8) is 0 Å². The van der Waals surface area contributed by atoms with E-state index >= 15 is 0 Å². The predicted molar refractivity (Wildman–Crippen MR) is 107 cm³/mol. The number of nitrogens with zero attached hydrogens (tertiary/aromatic N) is 3. The first-order valence-corrected chi connectivity index (χ1v) is 9.30. The third-order valence-electron chi connectivity index (χ3n) is 4.61. The second-order valence-electron chi connectivity index (χ2n) is 6.78. The molecule has 158 valence electrons. The number of aromatic nitrogens is 3. The molecule has 0 atom stereocenters. The largest absolute Gasteiger partial charge is 0.439 e. The third-order valence-corrected chi connectivity index (χ3v) is 4.61. The maximum atomic E-state index is 14.5. The van der Waals surface area contributed by atoms with Crippen LogP contribution in [-0.4, -0.2) is 15.0 Å². The van der Waals surface area contributed by atoms with E-state index in [1.165, 1.54) is 12.1 Å². The van der Waals surface area contributed by atoms with Crippen LogP contribution in [0.5, 0.6) is 11.6 Å². The molecule has 0 amide bonds. The normalized spacial score (nSPS) is 11.6. The molecule has 0 spiro atoms. The molecule has 0 bridgehead atoms. The second-order valence-corrected chi connectivity index (χ2v) is 6.78. The highest BCUT2D eigenvalue weighted by atomic mass is 19.4. The second kappa shape index (κ2) is 8.17. The zero-order chi connectivity index (χ0) is 22.0. The number of alkyl halides is 3. The van der Waals surface area contributed by atoms with E-state index in [2.05, 4.69) is 15.0 Å². The zero-order valence-electron chi connectivity index (χ0n) is 16.0. The summed E-state index contributed by atoms with van der Waals surface area (Å²) in [4.78, 5) is 12.4. The van der Waals surface area contributed by atoms with Crippen LogP contribution in [-0.2, 0) is 19.0 Å². The van der Waals surface area contributed by atoms with E-state index in [0.717, 1.165) is 29.8 Å². The van der Waals surface area contributed by atoms with Crippen molar-refractivity contribution in [1.82, 2.24) is 15.0 Å². The Morgan fingerprint density at radius 3 is 2.52 bits per heavy atom. The minimum atomic E-state index is -4.52. The first-order chi connectivity index (χ1) is 14.8. The van der Waals surface area contributed by atoms with E-state index in [-0.39, 0.29) is 11.6 Å². The summed E-state index contributed by atoms with van der Waals surface area (Å²) in [6, 6.07) is 13.0. The van der Waals surface area contributed by atoms with Gasteiger partial charge in [0.2, 0.25) is 5.88 Å². The molecule has 2 N–H and O–H groups in total. The van der Waals surface area contributed by atoms with Crippen molar-refractivity contribution >= 4 is 16.7 Å². The molecule has 0 unspecified atom stereocenters. The van der Waals surface area contributed by atoms with Gasteiger partial charge in [0.25, 0.3) is 0 Å². The number of aryl methyl sites for hydroxylation is 2. The molecule has 5 nitrogen and oxygen atoms in total. The molecule has 0 aliphatic heterocycles. The van der Waals surface area contributed by atoms with E-state index in [0.29, 0.717) is 35.6 Å². The van der Waals surface area contributed by atoms with Crippen LogP contribution in [0.1, 0.15) is 17.0 Å². The van der Waals surface area contributed by atoms with E-state index in [1.54, 1.807) is 0 Å². The highest BCUT2D eigenvalue weighted by molar-refractivity contribution is 5.87. The molecule has 0 aliphatic rings. The first kappa shape index (κ1) is 20.5. The fourth-order valence-electron chi connectivity index (χ4n) is 3.07. The molecule has 4 aromatic rings. The van der Waals surface area contributed by atoms with Gasteiger partial charge >= 0.3 is 6.18 Å². The van der Waals surface area contributed by atoms with E-state index in [1.807, 2.05) is 24.3 Å². The molecule has 31 heavy (non-hydrogen) atoms. The molecule has 0 saturated carbocycles. The molecule has 0 saturated heterocycles. The Bertz CT molecular complexity index is 1240. The first-order valence-electron chi connectivity index (χ1n) is 9.30. The summed E-state index contributed by atoms with van der Waals surface area (Å²) >= 11 is 0. The highest BCUT2D eigenvalue weighted by Gasteiger charge is 2.31. The van der Waals surface area contributed by atoms with Gasteiger partial charge in [0.1, 0.15) is 23.2 Å². The Morgan fingerprint density at radius 1 is 0.935 bits per heavy atom. The molecule has 2 aromatic carbocycles. The lowest BCUT2D eigenvalue weighted by molar-refractivity contribution is -0.137. The Balaban J connectivity index is 1.47. The maximum Gasteiger partial charge on any atom is 0.416 e. The summed E-state index contributed by atoms with van der Waals surface area (Å²) in [6.45, 7) is 0. The van der Waals surface area contributed by atoms with Gasteiger partial charge in [0, 0.05) is 30.1 Å². The smallest absolute Gasteiger partial charge is 0.416 e. The van der Waals surface area contributed by atoms with Crippen molar-refractivity contribution in [2.24, 2.45) is 0 Å². The van der Waals surface area contributed by atoms with Gasteiger partial charge in [-0.05, 0) is 36.2 Å². The lowest BCUT2D eigenvalue weighted by Crippen LogP contribution is -2.05. The van der Waals surface area contributed by atoms with Crippen molar-refractivity contribution in [1.29, 1.82) is 0 Å². The number of hydrogen-bond acceptors (Lipinski definition) is 5. The molecule has 9 heteroatoms. The number of anilines is 1. The summed E-state index contributed by atoms with van der Waals surface area (Å²) in [6.07, 6.45) is -2.87. The standard InChI is InChI=1S/C22H16F4N4O/c23-17-12-15(31-20-11-14(9-10-28-20)22(24,25)26)7-5-13(17)6-8-19-29-18-4-2-1-3-16(18)21(27)30-19/h1-5,7,9-12H,6,8H2,(H2,27,29,30). The van der Waals surface area contributed by atoms with Gasteiger partial charge in [-0.2, -0.15) is 13.2 Å². The predicted octanol–water partition coefficient (Wildman–Crippen LogP) is 5.34. The van der Waals surface area contributed by atoms with E-state index in [4.69, 9.17) is 10.5 Å². The average Bonchev–Trinajstić information content (AvgIpc) is 2.73. The molecule has 0 radical (unpaired) electrons. The quantitative estimate of drug-likeness (QED) is 0.434. The van der Waals surface area contributed by atoms with Crippen molar-refractivity contribution in [3.8, 4) is 11.6 Å². The summed E-state index contributed by atoms with van der Waals surface area (Å²) in [5.41, 5.74) is 6.17. The summed E-state index contributed by atoms with van der Waals surface area (Å²) in [7, 11) is 0. The third kappa shape index (κ3) is 4.71. The number of benzene rings is 2. The average molecular weight is 428 g/mol. The van der Waals surface area contributed by atoms with Crippen LogP contribution in [0.25, 0.3) is 10.9 Å². The number of ether oxygens (including phenoxy) is 1. The van der Waals surface area contributed by atoms with Crippen molar-refractivity contribution in [3.05, 3.63) is 83.6 Å². The van der Waals surface area contributed by atoms with Gasteiger partial charge in [0.15, 0.2) is 0 Å². The van der Waals surface area contributed by atoms with Crippen molar-refractivity contribution in [2.75, 3.05) is 5.73 Å². The summed E-state index contributed by atoms with van der Waals surface area (Å²) in [5, 5.41) is 0.752. The lowest BCUT2D eigenvalue weighted by atomic mass is 10.1. The van der Waals surface area contributed by atoms with Crippen LogP contribution in [0.2, 0.25) is 0 Å². The molecular formula is C22H16F4N4O. The Kier molecular flexibility index (Phi) is 5.41. The minimum absolute atomic E-state index is 0.0410. The van der Waals surface area contributed by atoms with Gasteiger partial charge in [-0.15, -0.1) is 0 Å². The van der Waals surface area contributed by atoms with E-state index < -0.39 is 17.6 Å². The van der Waals surface area contributed by atoms with Crippen LogP contribution in [0.15, 0.2) is 60.8 Å². The zero-order valence-corrected chi connectivity index (χ0v) is 16.0. The Hall–Kier alpha value is -3.75. The molecule has 0 fully saturated rings. The number of fused-ring (bicyclic) bond motifs is 1. The fraction of sp³-hybridized carbons (Fsp3) is 0.136.